The van der Waals surface area contributed by atoms with Crippen LogP contribution in [0, 0.1) is 0 Å². The molecule has 0 fully saturated rings. The van der Waals surface area contributed by atoms with Gasteiger partial charge in [-0.05, 0) is 6.92 Å². The highest BCUT2D eigenvalue weighted by molar-refractivity contribution is 5.32. The van der Waals surface area contributed by atoms with Crippen molar-refractivity contribution >= 4 is 5.82 Å². The number of aromatic nitrogens is 4. The van der Waals surface area contributed by atoms with Crippen molar-refractivity contribution in [2.45, 2.75) is 13.0 Å². The van der Waals surface area contributed by atoms with Gasteiger partial charge in [0.2, 0.25) is 0 Å². The minimum absolute atomic E-state index is 0.0988. The summed E-state index contributed by atoms with van der Waals surface area (Å²) in [6.07, 6.45) is 8.49. The Bertz CT molecular complexity index is 369. The van der Waals surface area contributed by atoms with Crippen molar-refractivity contribution < 1.29 is 0 Å². The molecule has 0 amide bonds. The van der Waals surface area contributed by atoms with E-state index in [9.17, 15) is 0 Å². The number of anilines is 1. The summed E-state index contributed by atoms with van der Waals surface area (Å²) in [4.78, 5) is 15.3. The van der Waals surface area contributed by atoms with Gasteiger partial charge in [-0.2, -0.15) is 0 Å². The second-order valence-corrected chi connectivity index (χ2v) is 2.93. The lowest BCUT2D eigenvalue weighted by Crippen LogP contribution is -2.09. The third kappa shape index (κ3) is 1.87. The average Bonchev–Trinajstić information content (AvgIpc) is 2.72. The third-order valence-corrected chi connectivity index (χ3v) is 1.86. The fourth-order valence-corrected chi connectivity index (χ4v) is 1.18. The van der Waals surface area contributed by atoms with Crippen LogP contribution in [0.3, 0.4) is 0 Å². The van der Waals surface area contributed by atoms with Crippen molar-refractivity contribution in [1.82, 2.24) is 19.9 Å². The van der Waals surface area contributed by atoms with Gasteiger partial charge in [-0.25, -0.2) is 9.97 Å². The maximum absolute atomic E-state index is 4.15. The fourth-order valence-electron chi connectivity index (χ4n) is 1.18. The fraction of sp³-hybridized carbons (Fsp3) is 0.222. The number of H-pyrrole nitrogens is 1. The molecule has 2 N–H and O–H groups in total. The molecule has 2 rings (SSSR count). The third-order valence-electron chi connectivity index (χ3n) is 1.86. The number of rotatable bonds is 3. The van der Waals surface area contributed by atoms with Crippen molar-refractivity contribution in [3.05, 3.63) is 36.8 Å². The molecule has 1 unspecified atom stereocenters. The van der Waals surface area contributed by atoms with Gasteiger partial charge < -0.3 is 10.3 Å². The summed E-state index contributed by atoms with van der Waals surface area (Å²) in [5.74, 6) is 1.63. The summed E-state index contributed by atoms with van der Waals surface area (Å²) < 4.78 is 0. The quantitative estimate of drug-likeness (QED) is 0.765. The first-order valence-electron chi connectivity index (χ1n) is 4.38. The average molecular weight is 189 g/mol. The summed E-state index contributed by atoms with van der Waals surface area (Å²) in [6.45, 7) is 2.01. The Morgan fingerprint density at radius 3 is 2.86 bits per heavy atom. The lowest BCUT2D eigenvalue weighted by atomic mass is 10.3. The Morgan fingerprint density at radius 1 is 1.29 bits per heavy atom. The topological polar surface area (TPSA) is 66.5 Å². The van der Waals surface area contributed by atoms with Gasteiger partial charge in [0.25, 0.3) is 0 Å². The summed E-state index contributed by atoms with van der Waals surface area (Å²) >= 11 is 0. The normalized spacial score (nSPS) is 12.4. The van der Waals surface area contributed by atoms with Crippen LogP contribution in [0.15, 0.2) is 31.0 Å². The van der Waals surface area contributed by atoms with Crippen LogP contribution in [0.5, 0.6) is 0 Å². The van der Waals surface area contributed by atoms with E-state index < -0.39 is 0 Å². The molecule has 0 aliphatic heterocycles. The first kappa shape index (κ1) is 8.68. The van der Waals surface area contributed by atoms with Gasteiger partial charge in [0.05, 0.1) is 12.2 Å². The van der Waals surface area contributed by atoms with Crippen LogP contribution in [0.2, 0.25) is 0 Å². The van der Waals surface area contributed by atoms with Crippen LogP contribution in [0.25, 0.3) is 0 Å². The zero-order chi connectivity index (χ0) is 9.80. The van der Waals surface area contributed by atoms with E-state index in [1.807, 2.05) is 6.92 Å². The van der Waals surface area contributed by atoms with E-state index in [4.69, 9.17) is 0 Å². The minimum atomic E-state index is 0.0988. The van der Waals surface area contributed by atoms with Crippen LogP contribution in [-0.2, 0) is 0 Å². The zero-order valence-corrected chi connectivity index (χ0v) is 7.81. The molecule has 0 saturated heterocycles. The highest BCUT2D eigenvalue weighted by Gasteiger charge is 2.06. The molecule has 14 heavy (non-hydrogen) atoms. The molecule has 2 aromatic rings. The van der Waals surface area contributed by atoms with Gasteiger partial charge in [-0.15, -0.1) is 0 Å². The van der Waals surface area contributed by atoms with E-state index in [2.05, 4.69) is 25.3 Å². The second kappa shape index (κ2) is 3.87. The van der Waals surface area contributed by atoms with Crippen LogP contribution < -0.4 is 5.32 Å². The lowest BCUT2D eigenvalue weighted by molar-refractivity contribution is 0.802. The molecule has 0 aliphatic rings. The molecule has 2 heterocycles. The van der Waals surface area contributed by atoms with Crippen molar-refractivity contribution in [2.24, 2.45) is 0 Å². The largest absolute Gasteiger partial charge is 0.359 e. The van der Waals surface area contributed by atoms with Crippen molar-refractivity contribution in [3.63, 3.8) is 0 Å². The van der Waals surface area contributed by atoms with E-state index in [0.717, 1.165) is 11.6 Å². The summed E-state index contributed by atoms with van der Waals surface area (Å²) in [5.41, 5.74) is 0. The molecule has 0 aliphatic carbocycles. The van der Waals surface area contributed by atoms with Crippen LogP contribution in [0.4, 0.5) is 5.82 Å². The second-order valence-electron chi connectivity index (χ2n) is 2.93. The summed E-state index contributed by atoms with van der Waals surface area (Å²) in [7, 11) is 0. The predicted molar refractivity (Wildman–Crippen MR) is 52.7 cm³/mol. The van der Waals surface area contributed by atoms with Crippen LogP contribution in [0.1, 0.15) is 18.8 Å². The highest BCUT2D eigenvalue weighted by atomic mass is 15.1. The molecule has 0 aromatic carbocycles. The molecular weight excluding hydrogens is 178 g/mol. The van der Waals surface area contributed by atoms with Crippen molar-refractivity contribution in [1.29, 1.82) is 0 Å². The molecule has 5 heteroatoms. The number of aromatic amines is 1. The molecule has 0 spiro atoms. The van der Waals surface area contributed by atoms with Gasteiger partial charge >= 0.3 is 0 Å². The van der Waals surface area contributed by atoms with E-state index in [0.29, 0.717) is 0 Å². The van der Waals surface area contributed by atoms with Gasteiger partial charge in [0.15, 0.2) is 0 Å². The lowest BCUT2D eigenvalue weighted by Gasteiger charge is -2.10. The number of hydrogen-bond acceptors (Lipinski definition) is 4. The first-order chi connectivity index (χ1) is 6.86. The van der Waals surface area contributed by atoms with Gasteiger partial charge in [-0.3, -0.25) is 4.98 Å². The Balaban J connectivity index is 2.06. The SMILES string of the molecule is CC(Nc1cnccn1)c1ncc[nH]1. The van der Waals surface area contributed by atoms with E-state index >= 15 is 0 Å². The van der Waals surface area contributed by atoms with E-state index in [1.165, 1.54) is 0 Å². The molecule has 0 saturated carbocycles. The molecule has 72 valence electrons. The molecule has 1 atom stereocenters. The maximum Gasteiger partial charge on any atom is 0.145 e. The number of hydrogen-bond donors (Lipinski definition) is 2. The van der Waals surface area contributed by atoms with Crippen LogP contribution in [-0.4, -0.2) is 19.9 Å². The molecule has 0 bridgehead atoms. The predicted octanol–water partition coefficient (Wildman–Crippen LogP) is 1.37. The van der Waals surface area contributed by atoms with Crippen molar-refractivity contribution in [3.8, 4) is 0 Å². The van der Waals surface area contributed by atoms with E-state index in [-0.39, 0.29) is 6.04 Å². The Morgan fingerprint density at radius 2 is 2.21 bits per heavy atom. The Labute approximate surface area is 81.6 Å². The standard InChI is InChI=1S/C9H11N5/c1-7(9-12-4-5-13-9)14-8-6-10-2-3-11-8/h2-7H,1H3,(H,11,14)(H,12,13). The monoisotopic (exact) mass is 189 g/mol. The first-order valence-corrected chi connectivity index (χ1v) is 4.38. The molecule has 5 nitrogen and oxygen atoms in total. The smallest absolute Gasteiger partial charge is 0.145 e. The van der Waals surface area contributed by atoms with Crippen LogP contribution >= 0.6 is 0 Å². The number of nitrogens with zero attached hydrogens (tertiary/aromatic N) is 3. The molecular formula is C9H11N5. The number of imidazole rings is 1. The van der Waals surface area contributed by atoms with Crippen molar-refractivity contribution in [2.75, 3.05) is 5.32 Å². The number of nitrogens with one attached hydrogen (secondary N) is 2. The summed E-state index contributed by atoms with van der Waals surface area (Å²) in [5, 5.41) is 3.18. The summed E-state index contributed by atoms with van der Waals surface area (Å²) in [6, 6.07) is 0.0988. The molecule has 0 radical (unpaired) electrons. The Kier molecular flexibility index (Phi) is 2.40. The Hall–Kier alpha value is -1.91. The minimum Gasteiger partial charge on any atom is -0.359 e. The maximum atomic E-state index is 4.15. The zero-order valence-electron chi connectivity index (χ0n) is 7.81. The molecule has 2 aromatic heterocycles. The van der Waals surface area contributed by atoms with Gasteiger partial charge in [0.1, 0.15) is 11.6 Å². The van der Waals surface area contributed by atoms with Gasteiger partial charge in [-0.1, -0.05) is 0 Å². The van der Waals surface area contributed by atoms with E-state index in [1.54, 1.807) is 31.0 Å². The van der Waals surface area contributed by atoms with Gasteiger partial charge in [0, 0.05) is 24.8 Å². The highest BCUT2D eigenvalue weighted by Crippen LogP contribution is 2.11.